The van der Waals surface area contributed by atoms with Crippen molar-refractivity contribution in [2.24, 2.45) is 34.5 Å². The molecule has 29 heavy (non-hydrogen) atoms. The van der Waals surface area contributed by atoms with Crippen molar-refractivity contribution >= 4 is 14.1 Å². The SMILES string of the molecule is CC1CC(=O)[C@@]2(C)CC[C@@H]3[C@@H](CC=C4CC(O[Si](C)(C)C(C)(C)C)CC[C@@]43C)[C@H]12. The Balaban J connectivity index is 1.56. The van der Waals surface area contributed by atoms with Crippen molar-refractivity contribution in [1.29, 1.82) is 0 Å². The fraction of sp³-hybridized carbons (Fsp3) is 0.885. The lowest BCUT2D eigenvalue weighted by atomic mass is 9.47. The molecule has 0 aromatic carbocycles. The van der Waals surface area contributed by atoms with Crippen LogP contribution in [0.25, 0.3) is 0 Å². The van der Waals surface area contributed by atoms with Gasteiger partial charge in [0.1, 0.15) is 5.78 Å². The van der Waals surface area contributed by atoms with Crippen LogP contribution >= 0.6 is 0 Å². The van der Waals surface area contributed by atoms with Crippen LogP contribution in [0, 0.1) is 34.5 Å². The summed E-state index contributed by atoms with van der Waals surface area (Å²) in [5.41, 5.74) is 1.99. The second-order valence-electron chi connectivity index (χ2n) is 13.0. The van der Waals surface area contributed by atoms with Crippen molar-refractivity contribution in [2.45, 2.75) is 111 Å². The van der Waals surface area contributed by atoms with Crippen LogP contribution in [0.15, 0.2) is 11.6 Å². The zero-order chi connectivity index (χ0) is 21.4. The Kier molecular flexibility index (Phi) is 5.11. The van der Waals surface area contributed by atoms with E-state index in [0.717, 1.165) is 25.2 Å². The molecule has 3 heteroatoms. The number of Topliss-reactive ketones (excluding diaryl/α,β-unsaturated/α-hetero) is 1. The van der Waals surface area contributed by atoms with Crippen LogP contribution in [0.3, 0.4) is 0 Å². The first kappa shape index (κ1) is 21.8. The van der Waals surface area contributed by atoms with Gasteiger partial charge in [-0.25, -0.2) is 0 Å². The summed E-state index contributed by atoms with van der Waals surface area (Å²) in [5.74, 6) is 3.20. The molecule has 4 aliphatic carbocycles. The van der Waals surface area contributed by atoms with Gasteiger partial charge >= 0.3 is 0 Å². The minimum absolute atomic E-state index is 0.0368. The van der Waals surface area contributed by atoms with E-state index in [1.165, 1.54) is 25.7 Å². The molecule has 164 valence electrons. The number of allylic oxidation sites excluding steroid dienone is 1. The number of carbonyl (C=O) groups excluding carboxylic acids is 1. The fourth-order valence-electron chi connectivity index (χ4n) is 7.60. The second-order valence-corrected chi connectivity index (χ2v) is 17.7. The maximum absolute atomic E-state index is 12.8. The highest BCUT2D eigenvalue weighted by molar-refractivity contribution is 6.74. The highest BCUT2D eigenvalue weighted by atomic mass is 28.4. The first-order valence-corrected chi connectivity index (χ1v) is 15.1. The summed E-state index contributed by atoms with van der Waals surface area (Å²) in [4.78, 5) is 12.8. The molecule has 0 aromatic heterocycles. The highest BCUT2D eigenvalue weighted by Crippen LogP contribution is 2.65. The van der Waals surface area contributed by atoms with Gasteiger partial charge in [-0.2, -0.15) is 0 Å². The van der Waals surface area contributed by atoms with Crippen molar-refractivity contribution in [1.82, 2.24) is 0 Å². The topological polar surface area (TPSA) is 26.3 Å². The molecule has 0 aliphatic heterocycles. The highest BCUT2D eigenvalue weighted by Gasteiger charge is 2.60. The Morgan fingerprint density at radius 3 is 2.38 bits per heavy atom. The minimum Gasteiger partial charge on any atom is -0.414 e. The van der Waals surface area contributed by atoms with Crippen LogP contribution in [-0.4, -0.2) is 20.2 Å². The fourth-order valence-corrected chi connectivity index (χ4v) is 8.99. The van der Waals surface area contributed by atoms with Gasteiger partial charge in [-0.1, -0.05) is 53.2 Å². The molecule has 4 rings (SSSR count). The number of carbonyl (C=O) groups is 1. The van der Waals surface area contributed by atoms with E-state index in [2.05, 4.69) is 60.7 Å². The van der Waals surface area contributed by atoms with Crippen molar-refractivity contribution in [3.8, 4) is 0 Å². The molecular formula is C26H44O2Si. The molecule has 0 heterocycles. The van der Waals surface area contributed by atoms with Crippen LogP contribution in [0.4, 0.5) is 0 Å². The molecule has 2 unspecified atom stereocenters. The molecule has 0 bridgehead atoms. The summed E-state index contributed by atoms with van der Waals surface area (Å²) in [6.07, 6.45) is 11.0. The average Bonchev–Trinajstić information content (AvgIpc) is 2.83. The van der Waals surface area contributed by atoms with Gasteiger partial charge in [0.05, 0.1) is 0 Å². The minimum atomic E-state index is -1.72. The van der Waals surface area contributed by atoms with E-state index < -0.39 is 8.32 Å². The zero-order valence-corrected chi connectivity index (χ0v) is 21.2. The van der Waals surface area contributed by atoms with Crippen LogP contribution < -0.4 is 0 Å². The van der Waals surface area contributed by atoms with E-state index in [1.807, 2.05) is 0 Å². The van der Waals surface area contributed by atoms with Gasteiger partial charge in [-0.3, -0.25) is 4.79 Å². The first-order valence-electron chi connectivity index (χ1n) is 12.2. The normalized spacial score (nSPS) is 45.3. The maximum Gasteiger partial charge on any atom is 0.192 e. The van der Waals surface area contributed by atoms with Crippen LogP contribution in [0.5, 0.6) is 0 Å². The Morgan fingerprint density at radius 2 is 1.72 bits per heavy atom. The summed E-state index contributed by atoms with van der Waals surface area (Å²) in [6.45, 7) is 19.0. The molecule has 0 amide bonds. The van der Waals surface area contributed by atoms with Crippen LogP contribution in [-0.2, 0) is 9.22 Å². The molecule has 4 aliphatic rings. The van der Waals surface area contributed by atoms with E-state index in [9.17, 15) is 4.79 Å². The maximum atomic E-state index is 12.8. The Morgan fingerprint density at radius 1 is 1.07 bits per heavy atom. The van der Waals surface area contributed by atoms with Gasteiger partial charge in [0.15, 0.2) is 8.32 Å². The summed E-state index contributed by atoms with van der Waals surface area (Å²) in [6, 6.07) is 0. The second kappa shape index (κ2) is 6.79. The quantitative estimate of drug-likeness (QED) is 0.353. The third kappa shape index (κ3) is 3.25. The van der Waals surface area contributed by atoms with Gasteiger partial charge < -0.3 is 4.43 Å². The van der Waals surface area contributed by atoms with Crippen LogP contribution in [0.1, 0.15) is 86.5 Å². The lowest BCUT2D eigenvalue weighted by molar-refractivity contribution is -0.132. The number of ketones is 1. The number of hydrogen-bond acceptors (Lipinski definition) is 2. The van der Waals surface area contributed by atoms with Gasteiger partial charge in [-0.05, 0) is 85.7 Å². The predicted octanol–water partition coefficient (Wildman–Crippen LogP) is 7.15. The third-order valence-electron chi connectivity index (χ3n) is 10.3. The van der Waals surface area contributed by atoms with E-state index >= 15 is 0 Å². The molecule has 0 N–H and O–H groups in total. The van der Waals surface area contributed by atoms with Gasteiger partial charge in [0, 0.05) is 17.9 Å². The lowest BCUT2D eigenvalue weighted by Crippen LogP contribution is -2.52. The van der Waals surface area contributed by atoms with E-state index in [-0.39, 0.29) is 10.5 Å². The summed E-state index contributed by atoms with van der Waals surface area (Å²) >= 11 is 0. The Bertz CT molecular complexity index is 717. The molecular weight excluding hydrogens is 372 g/mol. The van der Waals surface area contributed by atoms with Crippen molar-refractivity contribution < 1.29 is 9.22 Å². The van der Waals surface area contributed by atoms with Gasteiger partial charge in [-0.15, -0.1) is 0 Å². The van der Waals surface area contributed by atoms with E-state index in [1.54, 1.807) is 5.57 Å². The predicted molar refractivity (Wildman–Crippen MR) is 123 cm³/mol. The van der Waals surface area contributed by atoms with Crippen LogP contribution in [0.2, 0.25) is 18.1 Å². The number of rotatable bonds is 2. The summed E-state index contributed by atoms with van der Waals surface area (Å²) < 4.78 is 6.84. The summed E-state index contributed by atoms with van der Waals surface area (Å²) in [7, 11) is -1.72. The monoisotopic (exact) mass is 416 g/mol. The Hall–Kier alpha value is -0.413. The standard InChI is InChI=1S/C26H44O2Si/c1-17-15-22(27)26(6)14-12-21-20(23(17)26)10-9-18-16-19(11-13-25(18,21)5)28-29(7,8)24(2,3)4/h9,17,19-21,23H,10-16H2,1-8H3/t17?,19?,20-,21-,23+,25+,26-/m1/s1. The number of hydrogen-bond donors (Lipinski definition) is 0. The Labute approximate surface area is 180 Å². The largest absolute Gasteiger partial charge is 0.414 e. The summed E-state index contributed by atoms with van der Waals surface area (Å²) in [5, 5.41) is 0.277. The van der Waals surface area contributed by atoms with Crippen molar-refractivity contribution in [2.75, 3.05) is 0 Å². The molecule has 0 saturated heterocycles. The van der Waals surface area contributed by atoms with E-state index in [0.29, 0.717) is 35.1 Å². The zero-order valence-electron chi connectivity index (χ0n) is 20.2. The van der Waals surface area contributed by atoms with Gasteiger partial charge in [0.25, 0.3) is 0 Å². The third-order valence-corrected chi connectivity index (χ3v) is 14.9. The molecule has 0 spiro atoms. The first-order chi connectivity index (χ1) is 13.3. The van der Waals surface area contributed by atoms with E-state index in [4.69, 9.17) is 4.43 Å². The average molecular weight is 417 g/mol. The molecule has 0 radical (unpaired) electrons. The number of fused-ring (bicyclic) bond motifs is 5. The molecule has 3 saturated carbocycles. The lowest BCUT2D eigenvalue weighted by Gasteiger charge is -2.58. The smallest absolute Gasteiger partial charge is 0.192 e. The molecule has 3 fully saturated rings. The molecule has 0 aromatic rings. The van der Waals surface area contributed by atoms with Gasteiger partial charge in [0.2, 0.25) is 0 Å². The van der Waals surface area contributed by atoms with Crippen molar-refractivity contribution in [3.05, 3.63) is 11.6 Å². The molecule has 7 atom stereocenters. The van der Waals surface area contributed by atoms with Crippen molar-refractivity contribution in [3.63, 3.8) is 0 Å². The molecule has 2 nitrogen and oxygen atoms in total.